The normalized spacial score (nSPS) is 10.4. The number of carbonyl (C=O) groups excluding carboxylic acids is 3. The first kappa shape index (κ1) is 25.8. The maximum absolute atomic E-state index is 13.8. The fraction of sp³-hybridized carbons (Fsp3) is 0.160. The van der Waals surface area contributed by atoms with Crippen molar-refractivity contribution in [1.82, 2.24) is 10.2 Å². The smallest absolute Gasteiger partial charge is 0.262 e. The molecule has 0 heterocycles. The predicted octanol–water partition coefficient (Wildman–Crippen LogP) is 4.13. The summed E-state index contributed by atoms with van der Waals surface area (Å²) in [5.74, 6) is -2.69. The molecule has 3 aromatic rings. The summed E-state index contributed by atoms with van der Waals surface area (Å²) in [7, 11) is 1.54. The summed E-state index contributed by atoms with van der Waals surface area (Å²) >= 11 is 3.30. The van der Waals surface area contributed by atoms with E-state index in [1.807, 2.05) is 0 Å². The van der Waals surface area contributed by atoms with E-state index in [9.17, 15) is 23.2 Å². The quantitative estimate of drug-likeness (QED) is 0.423. The van der Waals surface area contributed by atoms with Crippen LogP contribution in [0.2, 0.25) is 0 Å². The zero-order valence-electron chi connectivity index (χ0n) is 18.7. The van der Waals surface area contributed by atoms with Crippen LogP contribution >= 0.6 is 15.9 Å². The van der Waals surface area contributed by atoms with Gasteiger partial charge in [0.2, 0.25) is 5.91 Å². The van der Waals surface area contributed by atoms with E-state index in [1.165, 1.54) is 23.1 Å². The van der Waals surface area contributed by atoms with E-state index in [-0.39, 0.29) is 30.2 Å². The molecule has 3 aromatic carbocycles. The highest BCUT2D eigenvalue weighted by Crippen LogP contribution is 2.20. The van der Waals surface area contributed by atoms with Crippen LogP contribution in [-0.4, -0.2) is 42.8 Å². The molecule has 0 saturated carbocycles. The summed E-state index contributed by atoms with van der Waals surface area (Å²) in [5, 5.41) is 5.08. The number of ether oxygens (including phenoxy) is 1. The van der Waals surface area contributed by atoms with Crippen molar-refractivity contribution >= 4 is 39.3 Å². The van der Waals surface area contributed by atoms with E-state index in [0.29, 0.717) is 5.69 Å². The van der Waals surface area contributed by atoms with E-state index in [2.05, 4.69) is 26.6 Å². The molecule has 0 aliphatic carbocycles. The summed E-state index contributed by atoms with van der Waals surface area (Å²) in [4.78, 5) is 38.6. The molecule has 0 spiro atoms. The van der Waals surface area contributed by atoms with Crippen LogP contribution < -0.4 is 15.4 Å². The molecule has 0 unspecified atom stereocenters. The van der Waals surface area contributed by atoms with Crippen LogP contribution in [0.3, 0.4) is 0 Å². The highest BCUT2D eigenvalue weighted by Gasteiger charge is 2.17. The Kier molecular flexibility index (Phi) is 8.91. The van der Waals surface area contributed by atoms with Crippen molar-refractivity contribution in [3.63, 3.8) is 0 Å². The summed E-state index contributed by atoms with van der Waals surface area (Å²) in [6.45, 7) is -0.547. The number of hydrogen-bond acceptors (Lipinski definition) is 4. The SMILES string of the molecule is CN(Cc1ccc(F)cc1)C(=O)CNC(=O)c1cc(F)ccc1OCC(=O)Nc1ccc(Br)cc1. The van der Waals surface area contributed by atoms with E-state index in [0.717, 1.165) is 22.2 Å². The average Bonchev–Trinajstić information content (AvgIpc) is 2.84. The molecule has 10 heteroatoms. The van der Waals surface area contributed by atoms with Gasteiger partial charge in [0, 0.05) is 23.8 Å². The zero-order chi connectivity index (χ0) is 25.4. The molecule has 0 fully saturated rings. The summed E-state index contributed by atoms with van der Waals surface area (Å²) in [6.07, 6.45) is 0. The number of hydrogen-bond donors (Lipinski definition) is 2. The maximum Gasteiger partial charge on any atom is 0.262 e. The van der Waals surface area contributed by atoms with Gasteiger partial charge in [0.25, 0.3) is 11.8 Å². The van der Waals surface area contributed by atoms with Gasteiger partial charge in [-0.25, -0.2) is 8.78 Å². The largest absolute Gasteiger partial charge is 0.483 e. The fourth-order valence-electron chi connectivity index (χ4n) is 3.02. The molecule has 0 aliphatic rings. The third-order valence-electron chi connectivity index (χ3n) is 4.83. The van der Waals surface area contributed by atoms with Crippen molar-refractivity contribution in [2.45, 2.75) is 6.54 Å². The zero-order valence-corrected chi connectivity index (χ0v) is 20.3. The molecular formula is C25H22BrF2N3O4. The van der Waals surface area contributed by atoms with Crippen molar-refractivity contribution in [1.29, 1.82) is 0 Å². The first-order chi connectivity index (χ1) is 16.7. The topological polar surface area (TPSA) is 87.7 Å². The Labute approximate surface area is 209 Å². The number of nitrogens with one attached hydrogen (secondary N) is 2. The van der Waals surface area contributed by atoms with E-state index < -0.39 is 30.1 Å². The van der Waals surface area contributed by atoms with Crippen LogP contribution in [0.5, 0.6) is 5.75 Å². The molecule has 7 nitrogen and oxygen atoms in total. The molecule has 35 heavy (non-hydrogen) atoms. The van der Waals surface area contributed by atoms with Crippen molar-refractivity contribution in [2.75, 3.05) is 25.5 Å². The number of benzene rings is 3. The lowest BCUT2D eigenvalue weighted by atomic mass is 10.1. The Morgan fingerprint density at radius 3 is 2.29 bits per heavy atom. The van der Waals surface area contributed by atoms with Gasteiger partial charge in [0.1, 0.15) is 17.4 Å². The fourth-order valence-corrected chi connectivity index (χ4v) is 3.28. The van der Waals surface area contributed by atoms with Crippen molar-refractivity contribution in [3.05, 3.63) is 94.0 Å². The molecule has 3 rings (SSSR count). The molecule has 0 atom stereocenters. The van der Waals surface area contributed by atoms with Gasteiger partial charge in [-0.15, -0.1) is 0 Å². The average molecular weight is 546 g/mol. The summed E-state index contributed by atoms with van der Waals surface area (Å²) in [5.41, 5.74) is 1.12. The minimum atomic E-state index is -0.739. The number of amides is 3. The lowest BCUT2D eigenvalue weighted by Gasteiger charge is -2.18. The van der Waals surface area contributed by atoms with Gasteiger partial charge in [0.15, 0.2) is 6.61 Å². The van der Waals surface area contributed by atoms with E-state index >= 15 is 0 Å². The number of nitrogens with zero attached hydrogens (tertiary/aromatic N) is 1. The molecule has 0 aliphatic heterocycles. The van der Waals surface area contributed by atoms with Crippen molar-refractivity contribution in [3.8, 4) is 5.75 Å². The van der Waals surface area contributed by atoms with E-state index in [4.69, 9.17) is 4.74 Å². The number of carbonyl (C=O) groups is 3. The first-order valence-electron chi connectivity index (χ1n) is 10.5. The maximum atomic E-state index is 13.8. The van der Waals surface area contributed by atoms with Gasteiger partial charge in [-0.1, -0.05) is 28.1 Å². The molecule has 2 N–H and O–H groups in total. The minimum Gasteiger partial charge on any atom is -0.483 e. The predicted molar refractivity (Wildman–Crippen MR) is 130 cm³/mol. The second kappa shape index (κ2) is 12.1. The van der Waals surface area contributed by atoms with Crippen LogP contribution in [0.1, 0.15) is 15.9 Å². The van der Waals surface area contributed by atoms with Crippen molar-refractivity contribution in [2.24, 2.45) is 0 Å². The summed E-state index contributed by atoms with van der Waals surface area (Å²) in [6, 6.07) is 15.9. The van der Waals surface area contributed by atoms with Gasteiger partial charge < -0.3 is 20.3 Å². The summed E-state index contributed by atoms with van der Waals surface area (Å²) < 4.78 is 33.1. The van der Waals surface area contributed by atoms with E-state index in [1.54, 1.807) is 43.4 Å². The third kappa shape index (κ3) is 7.89. The van der Waals surface area contributed by atoms with Crippen LogP contribution in [0, 0.1) is 11.6 Å². The number of rotatable bonds is 9. The molecule has 182 valence electrons. The van der Waals surface area contributed by atoms with Gasteiger partial charge in [-0.05, 0) is 60.2 Å². The Bertz CT molecular complexity index is 1200. The highest BCUT2D eigenvalue weighted by molar-refractivity contribution is 9.10. The number of anilines is 1. The second-order valence-corrected chi connectivity index (χ2v) is 8.46. The van der Waals surface area contributed by atoms with Crippen molar-refractivity contribution < 1.29 is 27.9 Å². The van der Waals surface area contributed by atoms with Crippen LogP contribution in [0.4, 0.5) is 14.5 Å². The standard InChI is InChI=1S/C25H22BrF2N3O4/c1-31(14-16-2-6-18(27)7-3-16)24(33)13-29-25(34)21-12-19(28)8-11-22(21)35-15-23(32)30-20-9-4-17(26)5-10-20/h2-12H,13-15H2,1H3,(H,29,34)(H,30,32). The Hall–Kier alpha value is -3.79. The van der Waals surface area contributed by atoms with Gasteiger partial charge >= 0.3 is 0 Å². The Morgan fingerprint density at radius 1 is 0.943 bits per heavy atom. The number of likely N-dealkylation sites (N-methyl/N-ethyl adjacent to an activating group) is 1. The lowest BCUT2D eigenvalue weighted by molar-refractivity contribution is -0.129. The lowest BCUT2D eigenvalue weighted by Crippen LogP contribution is -2.38. The monoisotopic (exact) mass is 545 g/mol. The number of halogens is 3. The Morgan fingerprint density at radius 2 is 1.60 bits per heavy atom. The molecule has 0 bridgehead atoms. The van der Waals surface area contributed by atoms with Gasteiger partial charge in [-0.3, -0.25) is 14.4 Å². The van der Waals surface area contributed by atoms with Crippen LogP contribution in [-0.2, 0) is 16.1 Å². The van der Waals surface area contributed by atoms with Gasteiger partial charge in [-0.2, -0.15) is 0 Å². The molecule has 0 aromatic heterocycles. The molecular weight excluding hydrogens is 524 g/mol. The highest BCUT2D eigenvalue weighted by atomic mass is 79.9. The minimum absolute atomic E-state index is 0.0121. The molecule has 0 radical (unpaired) electrons. The van der Waals surface area contributed by atoms with Gasteiger partial charge in [0.05, 0.1) is 12.1 Å². The first-order valence-corrected chi connectivity index (χ1v) is 11.2. The molecule has 3 amide bonds. The van der Waals surface area contributed by atoms with Crippen LogP contribution in [0.15, 0.2) is 71.2 Å². The second-order valence-electron chi connectivity index (χ2n) is 7.54. The molecule has 0 saturated heterocycles. The Balaban J connectivity index is 1.56. The van der Waals surface area contributed by atoms with Crippen LogP contribution in [0.25, 0.3) is 0 Å². The third-order valence-corrected chi connectivity index (χ3v) is 5.36.